The van der Waals surface area contributed by atoms with Crippen molar-refractivity contribution in [2.45, 2.75) is 45.1 Å². The van der Waals surface area contributed by atoms with Crippen LogP contribution < -0.4 is 0 Å². The fourth-order valence-corrected chi connectivity index (χ4v) is 2.86. The monoisotopic (exact) mass is 252 g/mol. The molecule has 1 aliphatic rings. The van der Waals surface area contributed by atoms with E-state index in [-0.39, 0.29) is 0 Å². The van der Waals surface area contributed by atoms with E-state index in [0.29, 0.717) is 11.2 Å². The highest BCUT2D eigenvalue weighted by molar-refractivity contribution is 6.30. The Morgan fingerprint density at radius 1 is 1.47 bits per heavy atom. The average Bonchev–Trinajstić information content (AvgIpc) is 2.37. The molecule has 0 amide bonds. The van der Waals surface area contributed by atoms with Crippen molar-refractivity contribution >= 4 is 11.6 Å². The van der Waals surface area contributed by atoms with Crippen molar-refractivity contribution < 1.29 is 0 Å². The molecule has 0 radical (unpaired) electrons. The molecule has 1 fully saturated rings. The molecular formula is C14H21ClN2. The number of halogens is 1. The Labute approximate surface area is 109 Å². The molecule has 1 aromatic rings. The highest BCUT2D eigenvalue weighted by Gasteiger charge is 2.25. The lowest BCUT2D eigenvalue weighted by molar-refractivity contribution is 0.146. The zero-order valence-electron chi connectivity index (χ0n) is 10.5. The summed E-state index contributed by atoms with van der Waals surface area (Å²) in [4.78, 5) is 6.79. The van der Waals surface area contributed by atoms with Crippen LogP contribution in [0.15, 0.2) is 18.3 Å². The second-order valence-corrected chi connectivity index (χ2v) is 5.14. The molecule has 0 aliphatic carbocycles. The van der Waals surface area contributed by atoms with Crippen molar-refractivity contribution in [3.63, 3.8) is 0 Å². The Kier molecular flexibility index (Phi) is 4.81. The fourth-order valence-electron chi connectivity index (χ4n) is 2.62. The van der Waals surface area contributed by atoms with Gasteiger partial charge in [0, 0.05) is 17.8 Å². The standard InChI is InChI=1S/C14H21ClN2/c1-2-3-10-17-11-5-4-8-13(17)12-7-6-9-16-14(12)15/h6-7,9,13H,2-5,8,10-11H2,1H3. The van der Waals surface area contributed by atoms with Crippen LogP contribution in [0.5, 0.6) is 0 Å². The largest absolute Gasteiger partial charge is 0.296 e. The van der Waals surface area contributed by atoms with E-state index < -0.39 is 0 Å². The maximum atomic E-state index is 6.22. The maximum absolute atomic E-state index is 6.22. The predicted molar refractivity (Wildman–Crippen MR) is 72.3 cm³/mol. The lowest BCUT2D eigenvalue weighted by Gasteiger charge is -2.36. The van der Waals surface area contributed by atoms with Crippen LogP contribution in [0, 0.1) is 0 Å². The second kappa shape index (κ2) is 6.36. The summed E-state index contributed by atoms with van der Waals surface area (Å²) in [5.74, 6) is 0. The third kappa shape index (κ3) is 3.20. The summed E-state index contributed by atoms with van der Waals surface area (Å²) < 4.78 is 0. The van der Waals surface area contributed by atoms with Gasteiger partial charge in [0.1, 0.15) is 5.15 Å². The number of pyridine rings is 1. The molecule has 2 nitrogen and oxygen atoms in total. The van der Waals surface area contributed by atoms with Crippen LogP contribution in [0.4, 0.5) is 0 Å². The number of nitrogens with zero attached hydrogens (tertiary/aromatic N) is 2. The van der Waals surface area contributed by atoms with E-state index in [2.05, 4.69) is 22.9 Å². The molecule has 2 rings (SSSR count). The van der Waals surface area contributed by atoms with Gasteiger partial charge in [-0.25, -0.2) is 4.98 Å². The Morgan fingerprint density at radius 3 is 3.12 bits per heavy atom. The molecule has 0 bridgehead atoms. The van der Waals surface area contributed by atoms with Crippen LogP contribution in [0.2, 0.25) is 5.15 Å². The van der Waals surface area contributed by atoms with Gasteiger partial charge in [0.05, 0.1) is 0 Å². The first-order valence-electron chi connectivity index (χ1n) is 6.67. The van der Waals surface area contributed by atoms with E-state index in [1.807, 2.05) is 6.07 Å². The van der Waals surface area contributed by atoms with Crippen molar-refractivity contribution in [3.05, 3.63) is 29.0 Å². The van der Waals surface area contributed by atoms with E-state index in [4.69, 9.17) is 11.6 Å². The SMILES string of the molecule is CCCCN1CCCCC1c1cccnc1Cl. The average molecular weight is 253 g/mol. The van der Waals surface area contributed by atoms with Gasteiger partial charge < -0.3 is 0 Å². The normalized spacial score (nSPS) is 21.6. The Bertz CT molecular complexity index is 354. The Hall–Kier alpha value is -0.600. The smallest absolute Gasteiger partial charge is 0.133 e. The first-order valence-corrected chi connectivity index (χ1v) is 7.05. The lowest BCUT2D eigenvalue weighted by Crippen LogP contribution is -2.34. The summed E-state index contributed by atoms with van der Waals surface area (Å²) >= 11 is 6.22. The maximum Gasteiger partial charge on any atom is 0.133 e. The second-order valence-electron chi connectivity index (χ2n) is 4.78. The molecule has 1 atom stereocenters. The minimum absolute atomic E-state index is 0.483. The number of rotatable bonds is 4. The number of aromatic nitrogens is 1. The summed E-state index contributed by atoms with van der Waals surface area (Å²) in [5, 5.41) is 0.681. The quantitative estimate of drug-likeness (QED) is 0.752. The van der Waals surface area contributed by atoms with Crippen molar-refractivity contribution in [1.29, 1.82) is 0 Å². The van der Waals surface area contributed by atoms with Crippen molar-refractivity contribution in [3.8, 4) is 0 Å². The predicted octanol–water partition coefficient (Wildman–Crippen LogP) is 4.06. The van der Waals surface area contributed by atoms with Crippen LogP contribution in [-0.2, 0) is 0 Å². The molecule has 0 spiro atoms. The minimum Gasteiger partial charge on any atom is -0.296 e. The Morgan fingerprint density at radius 2 is 2.35 bits per heavy atom. The summed E-state index contributed by atoms with van der Waals surface area (Å²) in [7, 11) is 0. The van der Waals surface area contributed by atoms with Crippen LogP contribution in [0.1, 0.15) is 50.6 Å². The van der Waals surface area contributed by atoms with Gasteiger partial charge >= 0.3 is 0 Å². The summed E-state index contributed by atoms with van der Waals surface area (Å²) in [6, 6.07) is 4.61. The van der Waals surface area contributed by atoms with Gasteiger partial charge in [-0.3, -0.25) is 4.90 Å². The van der Waals surface area contributed by atoms with Crippen molar-refractivity contribution in [2.24, 2.45) is 0 Å². The van der Waals surface area contributed by atoms with Gasteiger partial charge in [0.2, 0.25) is 0 Å². The van der Waals surface area contributed by atoms with Crippen LogP contribution >= 0.6 is 11.6 Å². The first-order chi connectivity index (χ1) is 8.33. The molecule has 3 heteroatoms. The minimum atomic E-state index is 0.483. The Balaban J connectivity index is 2.13. The van der Waals surface area contributed by atoms with Crippen molar-refractivity contribution in [1.82, 2.24) is 9.88 Å². The molecule has 0 N–H and O–H groups in total. The van der Waals surface area contributed by atoms with Gasteiger partial charge in [-0.05, 0) is 38.4 Å². The molecule has 1 saturated heterocycles. The number of hydrogen-bond donors (Lipinski definition) is 0. The number of unbranched alkanes of at least 4 members (excludes halogenated alkanes) is 1. The van der Waals surface area contributed by atoms with Crippen LogP contribution in [0.25, 0.3) is 0 Å². The number of likely N-dealkylation sites (tertiary alicyclic amines) is 1. The van der Waals surface area contributed by atoms with E-state index in [1.54, 1.807) is 6.20 Å². The molecule has 1 aliphatic heterocycles. The van der Waals surface area contributed by atoms with Gasteiger partial charge in [0.15, 0.2) is 0 Å². The number of piperidine rings is 1. The third-order valence-corrected chi connectivity index (χ3v) is 3.88. The molecule has 1 unspecified atom stereocenters. The third-order valence-electron chi connectivity index (χ3n) is 3.56. The highest BCUT2D eigenvalue weighted by Crippen LogP contribution is 2.33. The van der Waals surface area contributed by atoms with Gasteiger partial charge in [0.25, 0.3) is 0 Å². The highest BCUT2D eigenvalue weighted by atomic mass is 35.5. The molecule has 0 saturated carbocycles. The van der Waals surface area contributed by atoms with Crippen LogP contribution in [-0.4, -0.2) is 23.0 Å². The lowest BCUT2D eigenvalue weighted by atomic mass is 9.96. The topological polar surface area (TPSA) is 16.1 Å². The molecule has 1 aromatic heterocycles. The van der Waals surface area contributed by atoms with Gasteiger partial charge in [-0.1, -0.05) is 37.4 Å². The summed E-state index contributed by atoms with van der Waals surface area (Å²) in [6.45, 7) is 4.64. The fraction of sp³-hybridized carbons (Fsp3) is 0.643. The molecule has 0 aromatic carbocycles. The molecular weight excluding hydrogens is 232 g/mol. The van der Waals surface area contributed by atoms with E-state index in [1.165, 1.54) is 50.8 Å². The van der Waals surface area contributed by atoms with Gasteiger partial charge in [-0.2, -0.15) is 0 Å². The van der Waals surface area contributed by atoms with E-state index >= 15 is 0 Å². The molecule has 17 heavy (non-hydrogen) atoms. The van der Waals surface area contributed by atoms with Crippen molar-refractivity contribution in [2.75, 3.05) is 13.1 Å². The summed E-state index contributed by atoms with van der Waals surface area (Å²) in [5.41, 5.74) is 1.21. The summed E-state index contributed by atoms with van der Waals surface area (Å²) in [6.07, 6.45) is 8.13. The van der Waals surface area contributed by atoms with Gasteiger partial charge in [-0.15, -0.1) is 0 Å². The molecule has 94 valence electrons. The van der Waals surface area contributed by atoms with Crippen LogP contribution in [0.3, 0.4) is 0 Å². The zero-order valence-corrected chi connectivity index (χ0v) is 11.3. The molecule has 2 heterocycles. The number of hydrogen-bond acceptors (Lipinski definition) is 2. The van der Waals surface area contributed by atoms with E-state index in [0.717, 1.165) is 0 Å². The van der Waals surface area contributed by atoms with E-state index in [9.17, 15) is 0 Å². The zero-order chi connectivity index (χ0) is 12.1. The first kappa shape index (κ1) is 12.8.